The van der Waals surface area contributed by atoms with Crippen molar-refractivity contribution in [2.24, 2.45) is 35.0 Å². The second kappa shape index (κ2) is 8.66. The van der Waals surface area contributed by atoms with E-state index in [-0.39, 0.29) is 0 Å². The van der Waals surface area contributed by atoms with Gasteiger partial charge >= 0.3 is 0 Å². The molecule has 0 aliphatic heterocycles. The van der Waals surface area contributed by atoms with E-state index in [0.717, 1.165) is 29.6 Å². The van der Waals surface area contributed by atoms with Crippen LogP contribution in [0.5, 0.6) is 0 Å². The molecule has 3 aliphatic rings. The van der Waals surface area contributed by atoms with Crippen molar-refractivity contribution in [1.82, 2.24) is 0 Å². The van der Waals surface area contributed by atoms with Crippen molar-refractivity contribution in [3.8, 4) is 0 Å². The fourth-order valence-corrected chi connectivity index (χ4v) is 7.13. The Morgan fingerprint density at radius 2 is 1.85 bits per heavy atom. The minimum atomic E-state index is 0.586. The first-order chi connectivity index (χ1) is 12.4. The Morgan fingerprint density at radius 1 is 1.12 bits per heavy atom. The maximum atomic E-state index is 2.66. The van der Waals surface area contributed by atoms with Gasteiger partial charge in [-0.15, -0.1) is 0 Å². The molecule has 0 spiro atoms. The minimum Gasteiger partial charge on any atom is -0.0697 e. The van der Waals surface area contributed by atoms with Gasteiger partial charge in [-0.25, -0.2) is 0 Å². The van der Waals surface area contributed by atoms with Crippen molar-refractivity contribution in [2.75, 3.05) is 0 Å². The van der Waals surface area contributed by atoms with Gasteiger partial charge in [0.25, 0.3) is 0 Å². The van der Waals surface area contributed by atoms with Crippen LogP contribution < -0.4 is 0 Å². The highest BCUT2D eigenvalue weighted by Gasteiger charge is 2.50. The zero-order valence-electron chi connectivity index (χ0n) is 18.3. The number of hydrogen-bond acceptors (Lipinski definition) is 0. The molecule has 6 atom stereocenters. The largest absolute Gasteiger partial charge is 0.0697 e. The highest BCUT2D eigenvalue weighted by atomic mass is 14.5. The third-order valence-corrected chi connectivity index (χ3v) is 8.30. The van der Waals surface area contributed by atoms with E-state index in [2.05, 4.69) is 46.8 Å². The molecule has 0 N–H and O–H groups in total. The molecule has 3 aliphatic carbocycles. The summed E-state index contributed by atoms with van der Waals surface area (Å²) in [5.41, 5.74) is 4.12. The van der Waals surface area contributed by atoms with Crippen LogP contribution in [0, 0.1) is 35.0 Å². The van der Waals surface area contributed by atoms with Crippen molar-refractivity contribution in [2.45, 2.75) is 105 Å². The molecule has 0 radical (unpaired) electrons. The minimum absolute atomic E-state index is 0.586. The lowest BCUT2D eigenvalue weighted by Gasteiger charge is -2.44. The zero-order chi connectivity index (χ0) is 18.7. The van der Waals surface area contributed by atoms with Crippen molar-refractivity contribution in [3.63, 3.8) is 0 Å². The summed E-state index contributed by atoms with van der Waals surface area (Å²) in [5.74, 6) is 4.53. The first-order valence-corrected chi connectivity index (χ1v) is 11.8. The van der Waals surface area contributed by atoms with Gasteiger partial charge in [0.1, 0.15) is 0 Å². The van der Waals surface area contributed by atoms with Crippen LogP contribution in [0.3, 0.4) is 0 Å². The SMILES string of the molecule is CCCC[C@H](C)C1CC[C@H]2/C(=C/C=C3C[C@@H](C)C[C@H](C)C3)CCC[C@]12C. The second-order valence-corrected chi connectivity index (χ2v) is 10.6. The van der Waals surface area contributed by atoms with Crippen LogP contribution in [0.2, 0.25) is 0 Å². The van der Waals surface area contributed by atoms with Gasteiger partial charge in [0.05, 0.1) is 0 Å². The second-order valence-electron chi connectivity index (χ2n) is 10.6. The monoisotopic (exact) mass is 356 g/mol. The van der Waals surface area contributed by atoms with Crippen molar-refractivity contribution in [3.05, 3.63) is 23.3 Å². The zero-order valence-corrected chi connectivity index (χ0v) is 18.3. The fourth-order valence-electron chi connectivity index (χ4n) is 7.13. The summed E-state index contributed by atoms with van der Waals surface area (Å²) >= 11 is 0. The maximum absolute atomic E-state index is 2.66. The van der Waals surface area contributed by atoms with Crippen molar-refractivity contribution in [1.29, 1.82) is 0 Å². The van der Waals surface area contributed by atoms with Crippen molar-refractivity contribution < 1.29 is 0 Å². The molecule has 3 rings (SSSR count). The van der Waals surface area contributed by atoms with Gasteiger partial charge in [0, 0.05) is 0 Å². The molecule has 1 unspecified atom stereocenters. The molecule has 0 saturated heterocycles. The van der Waals surface area contributed by atoms with Crippen molar-refractivity contribution >= 4 is 0 Å². The molecule has 3 saturated carbocycles. The number of fused-ring (bicyclic) bond motifs is 1. The van der Waals surface area contributed by atoms with E-state index in [4.69, 9.17) is 0 Å². The summed E-state index contributed by atoms with van der Waals surface area (Å²) in [6.45, 7) is 12.4. The molecule has 0 aromatic rings. The molecule has 3 fully saturated rings. The Kier molecular flexibility index (Phi) is 6.73. The van der Waals surface area contributed by atoms with E-state index in [0.29, 0.717) is 5.41 Å². The van der Waals surface area contributed by atoms with Crippen LogP contribution >= 0.6 is 0 Å². The molecular formula is C26H44. The lowest BCUT2D eigenvalue weighted by Crippen LogP contribution is -2.36. The molecule has 0 aromatic carbocycles. The van der Waals surface area contributed by atoms with Crippen LogP contribution in [0.15, 0.2) is 23.3 Å². The topological polar surface area (TPSA) is 0 Å². The Labute approximate surface area is 163 Å². The molecule has 26 heavy (non-hydrogen) atoms. The molecule has 148 valence electrons. The maximum Gasteiger partial charge on any atom is -0.0143 e. The predicted octanol–water partition coefficient (Wildman–Crippen LogP) is 8.34. The molecule has 0 amide bonds. The van der Waals surface area contributed by atoms with Crippen LogP contribution in [0.25, 0.3) is 0 Å². The van der Waals surface area contributed by atoms with Gasteiger partial charge in [-0.3, -0.25) is 0 Å². The van der Waals surface area contributed by atoms with Crippen LogP contribution in [-0.4, -0.2) is 0 Å². The molecule has 0 heterocycles. The third kappa shape index (κ3) is 4.31. The smallest absolute Gasteiger partial charge is 0.0143 e. The number of hydrogen-bond donors (Lipinski definition) is 0. The summed E-state index contributed by atoms with van der Waals surface area (Å²) in [5, 5.41) is 0. The Bertz CT molecular complexity index is 512. The average molecular weight is 357 g/mol. The van der Waals surface area contributed by atoms with E-state index < -0.39 is 0 Å². The van der Waals surface area contributed by atoms with Gasteiger partial charge in [0.15, 0.2) is 0 Å². The summed E-state index contributed by atoms with van der Waals surface area (Å²) < 4.78 is 0. The van der Waals surface area contributed by atoms with Crippen LogP contribution in [0.1, 0.15) is 105 Å². The third-order valence-electron chi connectivity index (χ3n) is 8.30. The van der Waals surface area contributed by atoms with E-state index in [1.165, 1.54) is 70.6 Å². The molecule has 0 heteroatoms. The van der Waals surface area contributed by atoms with E-state index in [9.17, 15) is 0 Å². The highest BCUT2D eigenvalue weighted by molar-refractivity contribution is 5.25. The van der Waals surface area contributed by atoms with Gasteiger partial charge in [-0.05, 0) is 86.4 Å². The summed E-state index contributed by atoms with van der Waals surface area (Å²) in [4.78, 5) is 0. The first-order valence-electron chi connectivity index (χ1n) is 11.8. The van der Waals surface area contributed by atoms with E-state index >= 15 is 0 Å². The fraction of sp³-hybridized carbons (Fsp3) is 0.846. The first kappa shape index (κ1) is 20.2. The van der Waals surface area contributed by atoms with Gasteiger partial charge < -0.3 is 0 Å². The van der Waals surface area contributed by atoms with Gasteiger partial charge in [-0.1, -0.05) is 77.2 Å². The lowest BCUT2D eigenvalue weighted by atomic mass is 9.60. The molecular weight excluding hydrogens is 312 g/mol. The number of allylic oxidation sites excluding steroid dienone is 4. The Morgan fingerprint density at radius 3 is 2.54 bits per heavy atom. The Hall–Kier alpha value is -0.520. The molecule has 0 nitrogen and oxygen atoms in total. The number of rotatable bonds is 5. The van der Waals surface area contributed by atoms with Gasteiger partial charge in [-0.2, -0.15) is 0 Å². The standard InChI is InChI=1S/C26H44/c1-6-7-9-21(4)24-13-14-25-23(10-8-15-26(24,25)5)12-11-22-17-19(2)16-20(3)18-22/h11-12,19-21,24-25H,6-10,13-18H2,1-5H3/b23-12+/t19-,20-,21-,24?,25-,26+/m0/s1. The van der Waals surface area contributed by atoms with E-state index in [1.807, 2.05) is 5.57 Å². The van der Waals surface area contributed by atoms with Gasteiger partial charge in [0.2, 0.25) is 0 Å². The normalized spacial score (nSPS) is 40.5. The van der Waals surface area contributed by atoms with Crippen LogP contribution in [-0.2, 0) is 0 Å². The molecule has 0 bridgehead atoms. The summed E-state index contributed by atoms with van der Waals surface area (Å²) in [7, 11) is 0. The summed E-state index contributed by atoms with van der Waals surface area (Å²) in [6, 6.07) is 0. The Balaban J connectivity index is 1.73. The quantitative estimate of drug-likeness (QED) is 0.464. The van der Waals surface area contributed by atoms with E-state index in [1.54, 1.807) is 5.57 Å². The summed E-state index contributed by atoms with van der Waals surface area (Å²) in [6.07, 6.45) is 20.7. The average Bonchev–Trinajstić information content (AvgIpc) is 2.94. The lowest BCUT2D eigenvalue weighted by molar-refractivity contribution is 0.0934. The predicted molar refractivity (Wildman–Crippen MR) is 115 cm³/mol. The van der Waals surface area contributed by atoms with Crippen LogP contribution in [0.4, 0.5) is 0 Å². The number of unbranched alkanes of at least 4 members (excludes halogenated alkanes) is 1. The highest BCUT2D eigenvalue weighted by Crippen LogP contribution is 2.59. The molecule has 0 aromatic heterocycles.